The summed E-state index contributed by atoms with van der Waals surface area (Å²) in [6.45, 7) is 4.59. The number of hydrogen-bond acceptors (Lipinski definition) is 7. The van der Waals surface area contributed by atoms with Crippen LogP contribution in [0.1, 0.15) is 32.8 Å². The number of aliphatic carboxylic acids is 1. The third kappa shape index (κ3) is 9.59. The van der Waals surface area contributed by atoms with Gasteiger partial charge in [-0.05, 0) is 63.1 Å². The van der Waals surface area contributed by atoms with E-state index in [4.69, 9.17) is 14.6 Å². The predicted molar refractivity (Wildman–Crippen MR) is 144 cm³/mol. The Kier molecular flexibility index (Phi) is 10.5. The van der Waals surface area contributed by atoms with Gasteiger partial charge in [-0.25, -0.2) is 22.8 Å². The largest absolute Gasteiger partial charge is 0.482 e. The van der Waals surface area contributed by atoms with Crippen LogP contribution >= 0.6 is 11.8 Å². The lowest BCUT2D eigenvalue weighted by atomic mass is 10.0. The summed E-state index contributed by atoms with van der Waals surface area (Å²) < 4.78 is 51.9. The van der Waals surface area contributed by atoms with Gasteiger partial charge < -0.3 is 30.1 Å². The topological polar surface area (TPSA) is 134 Å². The lowest BCUT2D eigenvalue weighted by molar-refractivity contribution is -0.139. The molecule has 2 aromatic carbocycles. The third-order valence-corrected chi connectivity index (χ3v) is 6.82. The molecule has 0 aliphatic carbocycles. The number of alkyl carbamates (subject to hydrolysis) is 1. The van der Waals surface area contributed by atoms with E-state index in [2.05, 4.69) is 10.6 Å². The molecule has 2 atom stereocenters. The number of nitrogens with one attached hydrogen (secondary N) is 2. The van der Waals surface area contributed by atoms with Crippen LogP contribution in [-0.2, 0) is 25.5 Å². The van der Waals surface area contributed by atoms with Crippen molar-refractivity contribution in [3.05, 3.63) is 59.4 Å². The molecule has 3 rings (SSSR count). The normalized spacial score (nSPS) is 15.7. The number of carboxylic acid groups (broad SMARTS) is 1. The van der Waals surface area contributed by atoms with E-state index in [1.807, 2.05) is 0 Å². The first kappa shape index (κ1) is 31.6. The molecule has 2 aromatic rings. The van der Waals surface area contributed by atoms with Crippen molar-refractivity contribution >= 4 is 41.3 Å². The van der Waals surface area contributed by atoms with Gasteiger partial charge in [0.05, 0.1) is 0 Å². The summed E-state index contributed by atoms with van der Waals surface area (Å²) in [6, 6.07) is 5.97. The highest BCUT2D eigenvalue weighted by atomic mass is 32.2. The van der Waals surface area contributed by atoms with Gasteiger partial charge in [-0.3, -0.25) is 9.59 Å². The number of carbonyl (C=O) groups excluding carboxylic acids is 3. The number of rotatable bonds is 10. The maximum absolute atomic E-state index is 14.4. The molecule has 1 aliphatic heterocycles. The van der Waals surface area contributed by atoms with Crippen molar-refractivity contribution in [1.29, 1.82) is 0 Å². The van der Waals surface area contributed by atoms with Gasteiger partial charge in [-0.2, -0.15) is 0 Å². The summed E-state index contributed by atoms with van der Waals surface area (Å²) in [5.74, 6) is -5.11. The average molecular weight is 598 g/mol. The number of amides is 3. The summed E-state index contributed by atoms with van der Waals surface area (Å²) in [4.78, 5) is 50.7. The van der Waals surface area contributed by atoms with Crippen LogP contribution in [0, 0.1) is 17.5 Å². The Morgan fingerprint density at radius 2 is 1.73 bits per heavy atom. The molecule has 2 unspecified atom stereocenters. The number of ether oxygens (including phenoxy) is 2. The van der Waals surface area contributed by atoms with Crippen LogP contribution in [0.25, 0.3) is 0 Å². The van der Waals surface area contributed by atoms with Crippen molar-refractivity contribution in [2.45, 2.75) is 50.6 Å². The van der Waals surface area contributed by atoms with Crippen LogP contribution in [0.2, 0.25) is 0 Å². The quantitative estimate of drug-likeness (QED) is 0.351. The molecule has 41 heavy (non-hydrogen) atoms. The number of hydrogen-bond donors (Lipinski definition) is 3. The highest BCUT2D eigenvalue weighted by Gasteiger charge is 2.36. The monoisotopic (exact) mass is 597 g/mol. The molecule has 222 valence electrons. The smallest absolute Gasteiger partial charge is 0.407 e. The minimum absolute atomic E-state index is 0.224. The SMILES string of the molecule is CC(C)(C)OC(=O)NC(CC(=O)N1CCSC1C(=O)Nc1ccc(OCC(=O)O)cc1)Cc1cc(F)c(F)cc1F. The van der Waals surface area contributed by atoms with Gasteiger partial charge in [0.1, 0.15) is 17.2 Å². The molecular formula is C27H30F3N3O7S. The van der Waals surface area contributed by atoms with Crippen molar-refractivity contribution in [2.24, 2.45) is 0 Å². The maximum atomic E-state index is 14.4. The van der Waals surface area contributed by atoms with Crippen LogP contribution in [0.3, 0.4) is 0 Å². The maximum Gasteiger partial charge on any atom is 0.407 e. The van der Waals surface area contributed by atoms with Gasteiger partial charge in [0.15, 0.2) is 23.6 Å². The third-order valence-electron chi connectivity index (χ3n) is 5.62. The first-order chi connectivity index (χ1) is 19.2. The molecular weight excluding hydrogens is 567 g/mol. The minimum Gasteiger partial charge on any atom is -0.482 e. The second kappa shape index (κ2) is 13.6. The molecule has 0 aromatic heterocycles. The van der Waals surface area contributed by atoms with Crippen molar-refractivity contribution in [2.75, 3.05) is 24.2 Å². The number of benzene rings is 2. The first-order valence-electron chi connectivity index (χ1n) is 12.5. The van der Waals surface area contributed by atoms with E-state index in [0.29, 0.717) is 29.3 Å². The lowest BCUT2D eigenvalue weighted by Crippen LogP contribution is -2.47. The summed E-state index contributed by atoms with van der Waals surface area (Å²) in [7, 11) is 0. The molecule has 1 heterocycles. The van der Waals surface area contributed by atoms with Crippen molar-refractivity contribution in [3.8, 4) is 5.75 Å². The molecule has 0 spiro atoms. The lowest BCUT2D eigenvalue weighted by Gasteiger charge is -2.27. The minimum atomic E-state index is -1.37. The average Bonchev–Trinajstić information content (AvgIpc) is 3.36. The number of nitrogens with zero attached hydrogens (tertiary/aromatic N) is 1. The van der Waals surface area contributed by atoms with Crippen LogP contribution in [-0.4, -0.2) is 69.8 Å². The second-order valence-corrected chi connectivity index (χ2v) is 11.3. The van der Waals surface area contributed by atoms with E-state index in [9.17, 15) is 32.3 Å². The van der Waals surface area contributed by atoms with Crippen molar-refractivity contribution in [1.82, 2.24) is 10.2 Å². The Morgan fingerprint density at radius 3 is 2.37 bits per heavy atom. The first-order valence-corrected chi connectivity index (χ1v) is 13.6. The van der Waals surface area contributed by atoms with Gasteiger partial charge in [-0.15, -0.1) is 11.8 Å². The van der Waals surface area contributed by atoms with Gasteiger partial charge >= 0.3 is 12.1 Å². The van der Waals surface area contributed by atoms with Crippen LogP contribution in [0.15, 0.2) is 36.4 Å². The highest BCUT2D eigenvalue weighted by molar-refractivity contribution is 8.00. The predicted octanol–water partition coefficient (Wildman–Crippen LogP) is 3.93. The van der Waals surface area contributed by atoms with Crippen LogP contribution in [0.5, 0.6) is 5.75 Å². The van der Waals surface area contributed by atoms with Gasteiger partial charge in [0.2, 0.25) is 5.91 Å². The van der Waals surface area contributed by atoms with Crippen molar-refractivity contribution in [3.63, 3.8) is 0 Å². The summed E-state index contributed by atoms with van der Waals surface area (Å²) in [5, 5.41) is 13.0. The van der Waals surface area contributed by atoms with E-state index in [0.717, 1.165) is 0 Å². The van der Waals surface area contributed by atoms with Gasteiger partial charge in [0.25, 0.3) is 5.91 Å². The molecule has 1 fully saturated rings. The molecule has 3 amide bonds. The second-order valence-electron chi connectivity index (χ2n) is 10.1. The number of carboxylic acids is 1. The molecule has 1 saturated heterocycles. The summed E-state index contributed by atoms with van der Waals surface area (Å²) >= 11 is 1.22. The van der Waals surface area contributed by atoms with Crippen molar-refractivity contribution < 1.29 is 46.9 Å². The zero-order chi connectivity index (χ0) is 30.3. The van der Waals surface area contributed by atoms with Gasteiger partial charge in [-0.1, -0.05) is 0 Å². The fraction of sp³-hybridized carbons (Fsp3) is 0.407. The molecule has 14 heteroatoms. The van der Waals surface area contributed by atoms with E-state index >= 15 is 0 Å². The highest BCUT2D eigenvalue weighted by Crippen LogP contribution is 2.27. The zero-order valence-corrected chi connectivity index (χ0v) is 23.4. The Hall–Kier alpha value is -3.94. The van der Waals surface area contributed by atoms with Crippen LogP contribution < -0.4 is 15.4 Å². The molecule has 1 aliphatic rings. The number of thioether (sulfide) groups is 1. The van der Waals surface area contributed by atoms with E-state index < -0.39 is 65.0 Å². The number of anilines is 1. The summed E-state index contributed by atoms with van der Waals surface area (Å²) in [6.07, 6.45) is -1.61. The van der Waals surface area contributed by atoms with E-state index in [1.54, 1.807) is 20.8 Å². The molecule has 0 saturated carbocycles. The summed E-state index contributed by atoms with van der Waals surface area (Å²) in [5.41, 5.74) is -0.740. The molecule has 3 N–H and O–H groups in total. The van der Waals surface area contributed by atoms with Crippen LogP contribution in [0.4, 0.5) is 23.7 Å². The number of halogens is 3. The van der Waals surface area contributed by atoms with Gasteiger partial charge in [0, 0.05) is 36.5 Å². The molecule has 0 radical (unpaired) electrons. The Balaban J connectivity index is 1.70. The van der Waals surface area contributed by atoms with E-state index in [-0.39, 0.29) is 24.9 Å². The zero-order valence-electron chi connectivity index (χ0n) is 22.5. The number of carbonyl (C=O) groups is 4. The Morgan fingerprint density at radius 1 is 1.07 bits per heavy atom. The Labute approximate surface area is 238 Å². The molecule has 0 bridgehead atoms. The fourth-order valence-electron chi connectivity index (χ4n) is 3.89. The standard InChI is InChI=1S/C27H30F3N3O7S/c1-27(2,3)40-26(38)32-17(10-15-11-20(29)21(30)13-19(15)28)12-22(34)33-8-9-41-25(33)24(37)31-16-4-6-18(7-5-16)39-14-23(35)36/h4-7,11,13,17,25H,8-10,12,14H2,1-3H3,(H,31,37)(H,32,38)(H,35,36). The van der Waals surface area contributed by atoms with E-state index in [1.165, 1.54) is 40.9 Å². The fourth-order valence-corrected chi connectivity index (χ4v) is 5.03. The Bertz CT molecular complexity index is 1290. The molecule has 10 nitrogen and oxygen atoms in total.